The van der Waals surface area contributed by atoms with Gasteiger partial charge in [-0.15, -0.1) is 0 Å². The Balaban J connectivity index is 1.64. The van der Waals surface area contributed by atoms with Crippen LogP contribution in [0.4, 0.5) is 10.5 Å². The van der Waals surface area contributed by atoms with Crippen LogP contribution in [-0.4, -0.2) is 38.7 Å². The average molecular weight is 484 g/mol. The fourth-order valence-corrected chi connectivity index (χ4v) is 3.56. The minimum Gasteiger partial charge on any atom is -0.378 e. The molecule has 174 valence electrons. The number of H-pyrrole nitrogens is 1. The molecule has 2 N–H and O–H groups in total. The number of nitro groups is 1. The van der Waals surface area contributed by atoms with Crippen molar-refractivity contribution in [3.05, 3.63) is 96.5 Å². The van der Waals surface area contributed by atoms with Crippen LogP contribution < -0.4 is 10.9 Å². The number of hydrogen-bond donors (Lipinski definition) is 2. The van der Waals surface area contributed by atoms with E-state index < -0.39 is 22.4 Å². The molecule has 1 fully saturated rings. The summed E-state index contributed by atoms with van der Waals surface area (Å²) in [6.07, 6.45) is 1.30. The van der Waals surface area contributed by atoms with Gasteiger partial charge in [0, 0.05) is 24.3 Å². The van der Waals surface area contributed by atoms with Gasteiger partial charge in [-0.25, -0.2) is 9.48 Å². The number of carbonyl (C=O) groups excluding carboxylic acids is 2. The lowest BCUT2D eigenvalue weighted by Crippen LogP contribution is -2.30. The van der Waals surface area contributed by atoms with E-state index in [1.807, 2.05) is 0 Å². The lowest BCUT2D eigenvalue weighted by Gasteiger charge is -2.11. The van der Waals surface area contributed by atoms with E-state index in [0.29, 0.717) is 22.0 Å². The smallest absolute Gasteiger partial charge is 0.329 e. The van der Waals surface area contributed by atoms with Gasteiger partial charge in [0.15, 0.2) is 0 Å². The Labute approximate surface area is 197 Å². The molecule has 12 heteroatoms. The molecule has 34 heavy (non-hydrogen) atoms. The lowest BCUT2D eigenvalue weighted by atomic mass is 10.2. The van der Waals surface area contributed by atoms with Gasteiger partial charge in [0.05, 0.1) is 35.0 Å². The molecule has 4 rings (SSSR count). The van der Waals surface area contributed by atoms with Gasteiger partial charge in [-0.3, -0.25) is 29.7 Å². The number of aromatic amines is 1. The molecular formula is C22H18ClN5O6. The molecule has 1 aliphatic rings. The third kappa shape index (κ3) is 4.47. The van der Waals surface area contributed by atoms with Crippen LogP contribution in [0.15, 0.2) is 59.0 Å². The summed E-state index contributed by atoms with van der Waals surface area (Å²) in [6, 6.07) is 11.4. The predicted octanol–water partition coefficient (Wildman–Crippen LogP) is 2.97. The number of methoxy groups -OCH3 is 1. The van der Waals surface area contributed by atoms with Crippen molar-refractivity contribution in [2.24, 2.45) is 0 Å². The first-order valence-electron chi connectivity index (χ1n) is 9.95. The topological polar surface area (TPSA) is 140 Å². The Bertz CT molecular complexity index is 1360. The molecule has 0 atom stereocenters. The molecule has 0 spiro atoms. The predicted molar refractivity (Wildman–Crippen MR) is 122 cm³/mol. The Morgan fingerprint density at radius 1 is 1.09 bits per heavy atom. The second kappa shape index (κ2) is 9.33. The van der Waals surface area contributed by atoms with Crippen LogP contribution >= 0.6 is 11.6 Å². The first-order chi connectivity index (χ1) is 16.3. The number of rotatable bonds is 7. The molecular weight excluding hydrogens is 466 g/mol. The van der Waals surface area contributed by atoms with Gasteiger partial charge in [0.25, 0.3) is 17.2 Å². The average Bonchev–Trinajstić information content (AvgIpc) is 3.26. The van der Waals surface area contributed by atoms with Crippen molar-refractivity contribution in [2.75, 3.05) is 7.11 Å². The van der Waals surface area contributed by atoms with Crippen LogP contribution in [0, 0.1) is 10.1 Å². The summed E-state index contributed by atoms with van der Waals surface area (Å²) in [7, 11) is 1.46. The van der Waals surface area contributed by atoms with Crippen LogP contribution in [0.1, 0.15) is 16.8 Å². The molecule has 0 saturated carbocycles. The summed E-state index contributed by atoms with van der Waals surface area (Å²) in [6.45, 7) is -0.0311. The van der Waals surface area contributed by atoms with E-state index in [9.17, 15) is 24.5 Å². The van der Waals surface area contributed by atoms with E-state index in [1.165, 1.54) is 42.1 Å². The fourth-order valence-electron chi connectivity index (χ4n) is 3.44. The molecule has 3 amide bonds. The number of ether oxygens (including phenoxy) is 1. The Morgan fingerprint density at radius 3 is 2.38 bits per heavy atom. The Hall–Kier alpha value is -4.22. The molecule has 3 aromatic rings. The highest BCUT2D eigenvalue weighted by molar-refractivity contribution is 6.30. The number of halogens is 1. The number of amides is 3. The van der Waals surface area contributed by atoms with Crippen molar-refractivity contribution in [1.82, 2.24) is 20.0 Å². The first-order valence-corrected chi connectivity index (χ1v) is 10.3. The normalized spacial score (nSPS) is 14.6. The van der Waals surface area contributed by atoms with E-state index in [1.54, 1.807) is 24.3 Å². The van der Waals surface area contributed by atoms with Gasteiger partial charge >= 0.3 is 6.03 Å². The quantitative estimate of drug-likeness (QED) is 0.229. The first kappa shape index (κ1) is 23.0. The van der Waals surface area contributed by atoms with Crippen molar-refractivity contribution in [3.63, 3.8) is 0 Å². The Kier molecular flexibility index (Phi) is 6.30. The third-order valence-corrected chi connectivity index (χ3v) is 5.37. The SMILES string of the molecule is COCc1[nH]n(-c2ccc(Cl)cc2)c(=O)c1/C=C1\NC(=O)N(Cc2ccc([N+](=O)[O-])cc2)C1=O. The summed E-state index contributed by atoms with van der Waals surface area (Å²) < 4.78 is 6.45. The second-order valence-electron chi connectivity index (χ2n) is 7.36. The van der Waals surface area contributed by atoms with Crippen molar-refractivity contribution in [2.45, 2.75) is 13.2 Å². The maximum Gasteiger partial charge on any atom is 0.329 e. The number of hydrogen-bond acceptors (Lipinski definition) is 6. The van der Waals surface area contributed by atoms with Crippen molar-refractivity contribution < 1.29 is 19.2 Å². The van der Waals surface area contributed by atoms with Gasteiger partial charge in [0.2, 0.25) is 0 Å². The minimum absolute atomic E-state index is 0.0591. The number of aromatic nitrogens is 2. The van der Waals surface area contributed by atoms with Crippen molar-refractivity contribution in [3.8, 4) is 5.69 Å². The number of imide groups is 1. The van der Waals surface area contributed by atoms with Crippen LogP contribution in [0.5, 0.6) is 0 Å². The zero-order valence-electron chi connectivity index (χ0n) is 17.8. The summed E-state index contributed by atoms with van der Waals surface area (Å²) in [5, 5.41) is 16.7. The number of urea groups is 1. The molecule has 1 aliphatic heterocycles. The summed E-state index contributed by atoms with van der Waals surface area (Å²) >= 11 is 5.92. The van der Waals surface area contributed by atoms with Gasteiger partial charge in [-0.1, -0.05) is 23.7 Å². The Morgan fingerprint density at radius 2 is 1.76 bits per heavy atom. The highest BCUT2D eigenvalue weighted by Gasteiger charge is 2.34. The highest BCUT2D eigenvalue weighted by Crippen LogP contribution is 2.20. The summed E-state index contributed by atoms with van der Waals surface area (Å²) in [5.41, 5.74) is 0.988. The summed E-state index contributed by atoms with van der Waals surface area (Å²) in [5.74, 6) is -0.634. The monoisotopic (exact) mass is 483 g/mol. The molecule has 2 aromatic carbocycles. The van der Waals surface area contributed by atoms with Crippen LogP contribution in [0.2, 0.25) is 5.02 Å². The zero-order valence-corrected chi connectivity index (χ0v) is 18.5. The molecule has 0 aliphatic carbocycles. The molecule has 0 radical (unpaired) electrons. The van der Waals surface area contributed by atoms with E-state index >= 15 is 0 Å². The number of nitro benzene ring substituents is 1. The lowest BCUT2D eigenvalue weighted by molar-refractivity contribution is -0.384. The van der Waals surface area contributed by atoms with E-state index in [-0.39, 0.29) is 30.1 Å². The molecule has 0 bridgehead atoms. The molecule has 1 saturated heterocycles. The van der Waals surface area contributed by atoms with Gasteiger partial charge in [-0.2, -0.15) is 0 Å². The van der Waals surface area contributed by atoms with Crippen LogP contribution in [0.3, 0.4) is 0 Å². The number of nitrogens with one attached hydrogen (secondary N) is 2. The molecule has 11 nitrogen and oxygen atoms in total. The van der Waals surface area contributed by atoms with E-state index in [2.05, 4.69) is 10.4 Å². The number of benzene rings is 2. The highest BCUT2D eigenvalue weighted by atomic mass is 35.5. The number of carbonyl (C=O) groups is 2. The molecule has 0 unspecified atom stereocenters. The van der Waals surface area contributed by atoms with E-state index in [0.717, 1.165) is 4.90 Å². The van der Waals surface area contributed by atoms with E-state index in [4.69, 9.17) is 16.3 Å². The number of non-ortho nitro benzene ring substituents is 1. The maximum atomic E-state index is 13.1. The van der Waals surface area contributed by atoms with Crippen LogP contribution in [0.25, 0.3) is 11.8 Å². The fraction of sp³-hybridized carbons (Fsp3) is 0.136. The van der Waals surface area contributed by atoms with Gasteiger partial charge in [-0.05, 0) is 35.9 Å². The minimum atomic E-state index is -0.670. The van der Waals surface area contributed by atoms with Crippen molar-refractivity contribution >= 4 is 35.3 Å². The van der Waals surface area contributed by atoms with Gasteiger partial charge in [0.1, 0.15) is 5.70 Å². The number of nitrogens with zero attached hydrogens (tertiary/aromatic N) is 3. The second-order valence-corrected chi connectivity index (χ2v) is 7.79. The van der Waals surface area contributed by atoms with Crippen molar-refractivity contribution in [1.29, 1.82) is 0 Å². The third-order valence-electron chi connectivity index (χ3n) is 5.12. The maximum absolute atomic E-state index is 13.1. The largest absolute Gasteiger partial charge is 0.378 e. The van der Waals surface area contributed by atoms with Crippen LogP contribution in [-0.2, 0) is 22.7 Å². The zero-order chi connectivity index (χ0) is 24.4. The summed E-state index contributed by atoms with van der Waals surface area (Å²) in [4.78, 5) is 49.6. The standard InChI is InChI=1S/C22H18ClN5O6/c1-34-12-19-17(20(29)27(25-19)15-8-4-14(23)5-9-15)10-18-21(30)26(22(31)24-18)11-13-2-6-16(7-3-13)28(32)33/h2-10,25H,11-12H2,1H3,(H,24,31)/b18-10-. The van der Waals surface area contributed by atoms with Gasteiger partial charge < -0.3 is 10.1 Å². The molecule has 1 aromatic heterocycles. The molecule has 2 heterocycles.